The topological polar surface area (TPSA) is 126 Å². The Hall–Kier alpha value is -3.59. The van der Waals surface area contributed by atoms with Crippen molar-refractivity contribution in [3.63, 3.8) is 0 Å². The van der Waals surface area contributed by atoms with E-state index in [9.17, 15) is 14.4 Å². The third kappa shape index (κ3) is 4.15. The van der Waals surface area contributed by atoms with Crippen LogP contribution < -0.4 is 25.6 Å². The van der Waals surface area contributed by atoms with Gasteiger partial charge in [0.25, 0.3) is 11.8 Å². The van der Waals surface area contributed by atoms with Gasteiger partial charge in [-0.3, -0.25) is 19.6 Å². The van der Waals surface area contributed by atoms with Crippen LogP contribution in [0.2, 0.25) is 0 Å². The van der Waals surface area contributed by atoms with Crippen LogP contribution in [-0.4, -0.2) is 36.1 Å². The van der Waals surface area contributed by atoms with E-state index >= 15 is 0 Å². The van der Waals surface area contributed by atoms with Crippen molar-refractivity contribution < 1.29 is 29.1 Å². The summed E-state index contributed by atoms with van der Waals surface area (Å²) in [6.45, 7) is 0. The number of ether oxygens (including phenoxy) is 2. The number of hydroxylamine groups is 1. The molecular formula is C18H17N3O6. The van der Waals surface area contributed by atoms with Crippen molar-refractivity contribution in [2.75, 3.05) is 17.7 Å². The number of anilines is 2. The summed E-state index contributed by atoms with van der Waals surface area (Å²) in [6.07, 6.45) is -1.27. The molecule has 4 N–H and O–H groups in total. The molecule has 140 valence electrons. The Morgan fingerprint density at radius 3 is 2.63 bits per heavy atom. The summed E-state index contributed by atoms with van der Waals surface area (Å²) in [7, 11) is 1.54. The molecule has 9 nitrogen and oxygen atoms in total. The number of hydrogen-bond acceptors (Lipinski definition) is 6. The number of benzene rings is 2. The number of fused-ring (bicyclic) bond motifs is 1. The highest BCUT2D eigenvalue weighted by Crippen LogP contribution is 2.31. The Labute approximate surface area is 154 Å². The highest BCUT2D eigenvalue weighted by atomic mass is 16.5. The van der Waals surface area contributed by atoms with E-state index in [-0.39, 0.29) is 17.7 Å². The lowest BCUT2D eigenvalue weighted by atomic mass is 10.1. The van der Waals surface area contributed by atoms with E-state index in [1.807, 2.05) is 0 Å². The Morgan fingerprint density at radius 2 is 1.96 bits per heavy atom. The molecule has 27 heavy (non-hydrogen) atoms. The molecule has 3 amide bonds. The Morgan fingerprint density at radius 1 is 1.22 bits per heavy atom. The molecule has 1 unspecified atom stereocenters. The van der Waals surface area contributed by atoms with Crippen LogP contribution in [0.1, 0.15) is 16.8 Å². The van der Waals surface area contributed by atoms with Gasteiger partial charge < -0.3 is 20.1 Å². The molecule has 0 radical (unpaired) electrons. The monoisotopic (exact) mass is 371 g/mol. The molecule has 3 rings (SSSR count). The predicted molar refractivity (Wildman–Crippen MR) is 95.0 cm³/mol. The fourth-order valence-corrected chi connectivity index (χ4v) is 2.54. The van der Waals surface area contributed by atoms with E-state index in [0.717, 1.165) is 0 Å². The van der Waals surface area contributed by atoms with Crippen LogP contribution in [0.4, 0.5) is 11.4 Å². The lowest BCUT2D eigenvalue weighted by Gasteiger charge is -2.25. The largest absolute Gasteiger partial charge is 0.497 e. The maximum Gasteiger partial charge on any atom is 0.274 e. The van der Waals surface area contributed by atoms with Crippen LogP contribution >= 0.6 is 0 Å². The van der Waals surface area contributed by atoms with Crippen molar-refractivity contribution >= 4 is 29.1 Å². The van der Waals surface area contributed by atoms with E-state index < -0.39 is 23.8 Å². The lowest BCUT2D eigenvalue weighted by molar-refractivity contribution is -0.128. The van der Waals surface area contributed by atoms with E-state index in [0.29, 0.717) is 17.1 Å². The first-order valence-electron chi connectivity index (χ1n) is 8.00. The zero-order valence-corrected chi connectivity index (χ0v) is 14.3. The van der Waals surface area contributed by atoms with Gasteiger partial charge in [0, 0.05) is 11.3 Å². The van der Waals surface area contributed by atoms with Gasteiger partial charge in [0.15, 0.2) is 6.10 Å². The highest BCUT2D eigenvalue weighted by Gasteiger charge is 2.30. The first kappa shape index (κ1) is 18.2. The summed E-state index contributed by atoms with van der Waals surface area (Å²) in [5.74, 6) is -0.702. The van der Waals surface area contributed by atoms with Crippen LogP contribution in [0, 0.1) is 0 Å². The third-order valence-electron chi connectivity index (χ3n) is 3.91. The minimum Gasteiger partial charge on any atom is -0.497 e. The number of nitrogens with one attached hydrogen (secondary N) is 3. The number of amides is 3. The summed E-state index contributed by atoms with van der Waals surface area (Å²) in [5.41, 5.74) is 2.60. The molecule has 0 saturated carbocycles. The smallest absolute Gasteiger partial charge is 0.274 e. The minimum absolute atomic E-state index is 0.147. The summed E-state index contributed by atoms with van der Waals surface area (Å²) >= 11 is 0. The number of rotatable bonds is 5. The summed E-state index contributed by atoms with van der Waals surface area (Å²) in [6, 6.07) is 11.0. The maximum absolute atomic E-state index is 12.2. The van der Waals surface area contributed by atoms with Gasteiger partial charge in [0.2, 0.25) is 5.91 Å². The highest BCUT2D eigenvalue weighted by molar-refractivity contribution is 6.03. The predicted octanol–water partition coefficient (Wildman–Crippen LogP) is 1.54. The molecule has 0 fully saturated rings. The number of hydrogen-bond donors (Lipinski definition) is 4. The van der Waals surface area contributed by atoms with Crippen LogP contribution in [-0.2, 0) is 9.59 Å². The van der Waals surface area contributed by atoms with Gasteiger partial charge in [0.05, 0.1) is 19.2 Å². The quantitative estimate of drug-likeness (QED) is 0.467. The fourth-order valence-electron chi connectivity index (χ4n) is 2.54. The zero-order chi connectivity index (χ0) is 19.4. The molecular weight excluding hydrogens is 354 g/mol. The second-order valence-electron chi connectivity index (χ2n) is 5.73. The molecule has 1 aliphatic heterocycles. The molecule has 1 heterocycles. The van der Waals surface area contributed by atoms with Gasteiger partial charge in [-0.25, -0.2) is 5.48 Å². The Balaban J connectivity index is 1.67. The van der Waals surface area contributed by atoms with Crippen molar-refractivity contribution in [3.8, 4) is 11.5 Å². The number of methoxy groups -OCH3 is 1. The van der Waals surface area contributed by atoms with Gasteiger partial charge in [-0.15, -0.1) is 0 Å². The van der Waals surface area contributed by atoms with Gasteiger partial charge in [0.1, 0.15) is 11.5 Å². The lowest BCUT2D eigenvalue weighted by Crippen LogP contribution is -2.39. The molecule has 1 atom stereocenters. The normalized spacial score (nSPS) is 15.0. The molecule has 0 saturated heterocycles. The van der Waals surface area contributed by atoms with Crippen molar-refractivity contribution in [1.29, 1.82) is 0 Å². The number of carbonyl (C=O) groups is 3. The molecule has 1 aliphatic rings. The van der Waals surface area contributed by atoms with Gasteiger partial charge in [-0.1, -0.05) is 0 Å². The Bertz CT molecular complexity index is 881. The van der Waals surface area contributed by atoms with Crippen molar-refractivity contribution in [2.24, 2.45) is 0 Å². The average molecular weight is 371 g/mol. The van der Waals surface area contributed by atoms with E-state index in [4.69, 9.17) is 14.7 Å². The SMILES string of the molecule is COc1ccc(NC(=O)CC2Oc3cc(C(=O)NO)ccc3NC2=O)cc1. The summed E-state index contributed by atoms with van der Waals surface area (Å²) in [4.78, 5) is 35.9. The number of carbonyl (C=O) groups excluding carboxylic acids is 3. The first-order valence-corrected chi connectivity index (χ1v) is 8.00. The van der Waals surface area contributed by atoms with Crippen molar-refractivity contribution in [3.05, 3.63) is 48.0 Å². The van der Waals surface area contributed by atoms with Gasteiger partial charge in [-0.2, -0.15) is 0 Å². The molecule has 0 aliphatic carbocycles. The van der Waals surface area contributed by atoms with Crippen LogP contribution in [0.25, 0.3) is 0 Å². The minimum atomic E-state index is -1.05. The molecule has 0 spiro atoms. The molecule has 2 aromatic carbocycles. The molecule has 9 heteroatoms. The van der Waals surface area contributed by atoms with E-state index in [2.05, 4.69) is 10.6 Å². The molecule has 0 bridgehead atoms. The Kier molecular flexibility index (Phi) is 5.23. The standard InChI is InChI=1S/C18H17N3O6/c1-26-12-5-3-11(4-6-12)19-16(22)9-15-18(24)20-13-7-2-10(17(23)21-25)8-14(13)27-15/h2-8,15,25H,9H2,1H3,(H,19,22)(H,20,24)(H,21,23). The van der Waals surface area contributed by atoms with Gasteiger partial charge >= 0.3 is 0 Å². The maximum atomic E-state index is 12.2. The van der Waals surface area contributed by atoms with Crippen LogP contribution in [0.3, 0.4) is 0 Å². The second-order valence-corrected chi connectivity index (χ2v) is 5.73. The van der Waals surface area contributed by atoms with Crippen molar-refractivity contribution in [1.82, 2.24) is 5.48 Å². The molecule has 0 aromatic heterocycles. The molecule has 2 aromatic rings. The van der Waals surface area contributed by atoms with Crippen LogP contribution in [0.15, 0.2) is 42.5 Å². The second kappa shape index (κ2) is 7.75. The van der Waals surface area contributed by atoms with Crippen LogP contribution in [0.5, 0.6) is 11.5 Å². The van der Waals surface area contributed by atoms with E-state index in [1.165, 1.54) is 23.7 Å². The zero-order valence-electron chi connectivity index (χ0n) is 14.3. The summed E-state index contributed by atoms with van der Waals surface area (Å²) < 4.78 is 10.6. The van der Waals surface area contributed by atoms with Gasteiger partial charge in [-0.05, 0) is 42.5 Å². The van der Waals surface area contributed by atoms with Crippen molar-refractivity contribution in [2.45, 2.75) is 12.5 Å². The summed E-state index contributed by atoms with van der Waals surface area (Å²) in [5, 5.41) is 14.0. The third-order valence-corrected chi connectivity index (χ3v) is 3.91. The van der Waals surface area contributed by atoms with E-state index in [1.54, 1.807) is 31.4 Å². The first-order chi connectivity index (χ1) is 13.0. The average Bonchev–Trinajstić information content (AvgIpc) is 2.68. The fraction of sp³-hybridized carbons (Fsp3) is 0.167.